The van der Waals surface area contributed by atoms with Crippen LogP contribution in [0.4, 0.5) is 11.4 Å². The van der Waals surface area contributed by atoms with Crippen molar-refractivity contribution in [3.8, 4) is 22.8 Å². The van der Waals surface area contributed by atoms with Crippen molar-refractivity contribution in [1.29, 1.82) is 0 Å². The largest absolute Gasteiger partial charge is 0.495 e. The molecule has 5 rings (SSSR count). The van der Waals surface area contributed by atoms with Gasteiger partial charge in [-0.15, -0.1) is 0 Å². The van der Waals surface area contributed by atoms with Crippen LogP contribution in [-0.2, 0) is 4.79 Å². The molecule has 0 radical (unpaired) electrons. The summed E-state index contributed by atoms with van der Waals surface area (Å²) in [6.07, 6.45) is 16.5. The molecule has 0 N–H and O–H groups in total. The van der Waals surface area contributed by atoms with Gasteiger partial charge in [0, 0.05) is 55.1 Å². The molecule has 0 aromatic carbocycles. The molecule has 1 saturated heterocycles. The molecule has 200 valence electrons. The third-order valence-electron chi connectivity index (χ3n) is 7.89. The maximum absolute atomic E-state index is 13.9. The van der Waals surface area contributed by atoms with E-state index in [0.717, 1.165) is 74.1 Å². The molecule has 38 heavy (non-hydrogen) atoms. The number of nitrogens with zero attached hydrogens (tertiary/aromatic N) is 5. The molecule has 1 saturated carbocycles. The lowest BCUT2D eigenvalue weighted by atomic mass is 9.87. The van der Waals surface area contributed by atoms with Gasteiger partial charge >= 0.3 is 0 Å². The summed E-state index contributed by atoms with van der Waals surface area (Å²) in [6.45, 7) is 2.60. The van der Waals surface area contributed by atoms with Crippen LogP contribution < -0.4 is 19.3 Å². The summed E-state index contributed by atoms with van der Waals surface area (Å²) in [5.74, 6) is 2.08. The summed E-state index contributed by atoms with van der Waals surface area (Å²) in [4.78, 5) is 31.5. The van der Waals surface area contributed by atoms with E-state index < -0.39 is 0 Å². The van der Waals surface area contributed by atoms with Crippen LogP contribution in [0.5, 0.6) is 11.6 Å². The standard InChI is InChI=1S/C30H37N5O3/c1-37-28-15-25(17-32-20-28)24-14-27(18-31-16-24)35(30(36)23-6-4-3-5-7-23)21-22-10-12-34(13-11-22)26-8-9-29(38-2)33-19-26/h8-9,14-20,22-23H,3-7,10-13,21H2,1-2H3. The van der Waals surface area contributed by atoms with E-state index in [0.29, 0.717) is 24.1 Å². The van der Waals surface area contributed by atoms with Crippen molar-refractivity contribution in [3.63, 3.8) is 0 Å². The van der Waals surface area contributed by atoms with Gasteiger partial charge in [0.2, 0.25) is 11.8 Å². The van der Waals surface area contributed by atoms with Crippen molar-refractivity contribution in [3.05, 3.63) is 55.2 Å². The van der Waals surface area contributed by atoms with Crippen molar-refractivity contribution < 1.29 is 14.3 Å². The van der Waals surface area contributed by atoms with E-state index in [2.05, 4.69) is 32.0 Å². The van der Waals surface area contributed by atoms with E-state index in [9.17, 15) is 4.79 Å². The van der Waals surface area contributed by atoms with Gasteiger partial charge in [-0.1, -0.05) is 19.3 Å². The van der Waals surface area contributed by atoms with Gasteiger partial charge in [-0.3, -0.25) is 14.8 Å². The molecule has 1 aliphatic heterocycles. The first-order valence-corrected chi connectivity index (χ1v) is 13.7. The van der Waals surface area contributed by atoms with E-state index in [-0.39, 0.29) is 11.8 Å². The second-order valence-corrected chi connectivity index (χ2v) is 10.3. The first-order valence-electron chi connectivity index (χ1n) is 13.7. The molecule has 1 aliphatic carbocycles. The molecular weight excluding hydrogens is 478 g/mol. The average Bonchev–Trinajstić information content (AvgIpc) is 3.00. The maximum Gasteiger partial charge on any atom is 0.230 e. The Morgan fingerprint density at radius 3 is 2.32 bits per heavy atom. The zero-order chi connectivity index (χ0) is 26.3. The molecule has 8 nitrogen and oxygen atoms in total. The fraction of sp³-hybridized carbons (Fsp3) is 0.467. The monoisotopic (exact) mass is 515 g/mol. The highest BCUT2D eigenvalue weighted by Gasteiger charge is 2.30. The molecule has 3 aromatic heterocycles. The minimum absolute atomic E-state index is 0.0938. The van der Waals surface area contributed by atoms with Crippen LogP contribution in [0.15, 0.2) is 55.2 Å². The van der Waals surface area contributed by atoms with Crippen molar-refractivity contribution >= 4 is 17.3 Å². The Balaban J connectivity index is 1.34. The summed E-state index contributed by atoms with van der Waals surface area (Å²) in [6, 6.07) is 7.99. The SMILES string of the molecule is COc1cncc(-c2cncc(N(CC3CCN(c4ccc(OC)nc4)CC3)C(=O)C3CCCCC3)c2)c1. The molecule has 3 aromatic rings. The summed E-state index contributed by atoms with van der Waals surface area (Å²) >= 11 is 0. The summed E-state index contributed by atoms with van der Waals surface area (Å²) in [5, 5.41) is 0. The predicted octanol–water partition coefficient (Wildman–Crippen LogP) is 5.39. The van der Waals surface area contributed by atoms with Crippen LogP contribution in [0, 0.1) is 11.8 Å². The molecule has 4 heterocycles. The fourth-order valence-electron chi connectivity index (χ4n) is 5.63. The van der Waals surface area contributed by atoms with E-state index in [4.69, 9.17) is 9.47 Å². The van der Waals surface area contributed by atoms with Gasteiger partial charge in [0.25, 0.3) is 0 Å². The van der Waals surface area contributed by atoms with Crippen LogP contribution in [0.3, 0.4) is 0 Å². The number of rotatable bonds is 8. The topological polar surface area (TPSA) is 80.7 Å². The molecule has 2 aliphatic rings. The molecule has 2 fully saturated rings. The van der Waals surface area contributed by atoms with Gasteiger partial charge in [0.05, 0.1) is 44.2 Å². The maximum atomic E-state index is 13.9. The van der Waals surface area contributed by atoms with Gasteiger partial charge in [0.15, 0.2) is 0 Å². The quantitative estimate of drug-likeness (QED) is 0.398. The van der Waals surface area contributed by atoms with Gasteiger partial charge < -0.3 is 19.3 Å². The van der Waals surface area contributed by atoms with E-state index in [1.54, 1.807) is 26.6 Å². The van der Waals surface area contributed by atoms with Crippen molar-refractivity contribution in [1.82, 2.24) is 15.0 Å². The summed E-state index contributed by atoms with van der Waals surface area (Å²) in [5.41, 5.74) is 3.83. The number of anilines is 2. The Morgan fingerprint density at radius 2 is 1.63 bits per heavy atom. The predicted molar refractivity (Wildman–Crippen MR) is 149 cm³/mol. The van der Waals surface area contributed by atoms with E-state index >= 15 is 0 Å². The van der Waals surface area contributed by atoms with E-state index in [1.807, 2.05) is 35.6 Å². The number of amides is 1. The second kappa shape index (κ2) is 12.2. The fourth-order valence-corrected chi connectivity index (χ4v) is 5.63. The molecule has 0 unspecified atom stereocenters. The number of pyridine rings is 3. The number of methoxy groups -OCH3 is 2. The minimum atomic E-state index is 0.0938. The van der Waals surface area contributed by atoms with Crippen molar-refractivity contribution in [2.75, 3.05) is 43.7 Å². The smallest absolute Gasteiger partial charge is 0.230 e. The van der Waals surface area contributed by atoms with E-state index in [1.165, 1.54) is 6.42 Å². The lowest BCUT2D eigenvalue weighted by Crippen LogP contribution is -2.43. The highest BCUT2D eigenvalue weighted by Crippen LogP contribution is 2.32. The molecule has 0 bridgehead atoms. The normalized spacial score (nSPS) is 16.7. The number of hydrogen-bond acceptors (Lipinski definition) is 7. The number of hydrogen-bond donors (Lipinski definition) is 0. The third kappa shape index (κ3) is 6.06. The Bertz CT molecular complexity index is 1200. The molecule has 0 spiro atoms. The van der Waals surface area contributed by atoms with Gasteiger partial charge in [0.1, 0.15) is 5.75 Å². The number of carbonyl (C=O) groups excluding carboxylic acids is 1. The highest BCUT2D eigenvalue weighted by atomic mass is 16.5. The Hall–Kier alpha value is -3.68. The first-order chi connectivity index (χ1) is 18.6. The van der Waals surface area contributed by atoms with Crippen LogP contribution >= 0.6 is 0 Å². The molecule has 1 amide bonds. The second-order valence-electron chi connectivity index (χ2n) is 10.3. The molecular formula is C30H37N5O3. The van der Waals surface area contributed by atoms with Crippen molar-refractivity contribution in [2.24, 2.45) is 11.8 Å². The Labute approximate surface area is 225 Å². The average molecular weight is 516 g/mol. The zero-order valence-corrected chi connectivity index (χ0v) is 22.4. The Morgan fingerprint density at radius 1 is 0.895 bits per heavy atom. The van der Waals surface area contributed by atoms with Gasteiger partial charge in [-0.2, -0.15) is 0 Å². The first kappa shape index (κ1) is 25.9. The number of aromatic nitrogens is 3. The third-order valence-corrected chi connectivity index (χ3v) is 7.89. The summed E-state index contributed by atoms with van der Waals surface area (Å²) in [7, 11) is 3.27. The lowest BCUT2D eigenvalue weighted by molar-refractivity contribution is -0.123. The highest BCUT2D eigenvalue weighted by molar-refractivity contribution is 5.95. The summed E-state index contributed by atoms with van der Waals surface area (Å²) < 4.78 is 10.6. The molecule has 0 atom stereocenters. The van der Waals surface area contributed by atoms with Crippen LogP contribution in [0.25, 0.3) is 11.1 Å². The number of carbonyl (C=O) groups is 1. The molecule has 8 heteroatoms. The van der Waals surface area contributed by atoms with Gasteiger partial charge in [-0.25, -0.2) is 4.98 Å². The zero-order valence-electron chi connectivity index (χ0n) is 22.4. The van der Waals surface area contributed by atoms with Gasteiger partial charge in [-0.05, 0) is 49.8 Å². The van der Waals surface area contributed by atoms with Crippen LogP contribution in [0.2, 0.25) is 0 Å². The Kier molecular flexibility index (Phi) is 8.36. The van der Waals surface area contributed by atoms with Crippen LogP contribution in [0.1, 0.15) is 44.9 Å². The van der Waals surface area contributed by atoms with Crippen LogP contribution in [-0.4, -0.2) is 54.7 Å². The minimum Gasteiger partial charge on any atom is -0.495 e. The van der Waals surface area contributed by atoms with Crippen molar-refractivity contribution in [2.45, 2.75) is 44.9 Å². The number of ether oxygens (including phenoxy) is 2. The number of piperidine rings is 1. The lowest BCUT2D eigenvalue weighted by Gasteiger charge is -2.37.